The van der Waals surface area contributed by atoms with E-state index in [1.54, 1.807) is 7.11 Å². The molecule has 1 rings (SSSR count). The number of hydrogen-bond donors (Lipinski definition) is 1. The maximum atomic E-state index is 13.2. The zero-order valence-corrected chi connectivity index (χ0v) is 13.5. The van der Waals surface area contributed by atoms with E-state index in [9.17, 15) is 9.18 Å². The summed E-state index contributed by atoms with van der Waals surface area (Å²) >= 11 is 0. The number of ether oxygens (including phenoxy) is 3. The maximum Gasteiger partial charge on any atom is 0.291 e. The molecule has 0 radical (unpaired) electrons. The first-order valence-corrected chi connectivity index (χ1v) is 7.48. The van der Waals surface area contributed by atoms with Gasteiger partial charge in [0.25, 0.3) is 11.9 Å². The van der Waals surface area contributed by atoms with E-state index in [4.69, 9.17) is 14.2 Å². The predicted molar refractivity (Wildman–Crippen MR) is 85.1 cm³/mol. The third-order valence-corrected chi connectivity index (χ3v) is 2.74. The van der Waals surface area contributed by atoms with Crippen molar-refractivity contribution < 1.29 is 23.4 Å². The zero-order chi connectivity index (χ0) is 16.9. The van der Waals surface area contributed by atoms with Crippen molar-refractivity contribution in [2.75, 3.05) is 40.1 Å². The van der Waals surface area contributed by atoms with E-state index in [-0.39, 0.29) is 18.2 Å². The Morgan fingerprint density at radius 1 is 1.30 bits per heavy atom. The van der Waals surface area contributed by atoms with Crippen LogP contribution in [-0.2, 0) is 14.2 Å². The molecular weight excluding hydrogens is 303 g/mol. The van der Waals surface area contributed by atoms with Crippen LogP contribution in [0.5, 0.6) is 0 Å². The van der Waals surface area contributed by atoms with Crippen LogP contribution < -0.4 is 5.32 Å². The van der Waals surface area contributed by atoms with Gasteiger partial charge in [-0.05, 0) is 31.5 Å². The Kier molecular flexibility index (Phi) is 9.58. The number of carbonyl (C=O) groups is 1. The number of carbonyl (C=O) groups excluding carboxylic acids is 1. The van der Waals surface area contributed by atoms with Gasteiger partial charge in [0, 0.05) is 32.4 Å². The van der Waals surface area contributed by atoms with Crippen molar-refractivity contribution in [1.29, 1.82) is 0 Å². The average molecular weight is 326 g/mol. The second-order valence-electron chi connectivity index (χ2n) is 4.54. The minimum Gasteiger partial charge on any atom is -0.463 e. The van der Waals surface area contributed by atoms with Crippen molar-refractivity contribution in [3.05, 3.63) is 35.6 Å². The van der Waals surface area contributed by atoms with Crippen molar-refractivity contribution in [3.63, 3.8) is 0 Å². The SMILES string of the molecule is CCOCCOC(=NCCCOC)NC(=O)c1cccc(F)c1. The summed E-state index contributed by atoms with van der Waals surface area (Å²) in [4.78, 5) is 16.3. The van der Waals surface area contributed by atoms with Crippen LogP contribution in [0.25, 0.3) is 0 Å². The first-order chi connectivity index (χ1) is 11.2. The molecule has 0 atom stereocenters. The number of halogens is 1. The Morgan fingerprint density at radius 3 is 2.83 bits per heavy atom. The highest BCUT2D eigenvalue weighted by molar-refractivity contribution is 6.04. The van der Waals surface area contributed by atoms with Gasteiger partial charge in [-0.15, -0.1) is 0 Å². The molecule has 7 heteroatoms. The smallest absolute Gasteiger partial charge is 0.291 e. The molecule has 1 amide bonds. The monoisotopic (exact) mass is 326 g/mol. The molecule has 0 aliphatic carbocycles. The number of nitrogens with zero attached hydrogens (tertiary/aromatic N) is 1. The van der Waals surface area contributed by atoms with Gasteiger partial charge in [-0.25, -0.2) is 9.38 Å². The highest BCUT2D eigenvalue weighted by Crippen LogP contribution is 2.03. The average Bonchev–Trinajstić information content (AvgIpc) is 2.55. The lowest BCUT2D eigenvalue weighted by Crippen LogP contribution is -2.33. The van der Waals surface area contributed by atoms with Crippen LogP contribution >= 0.6 is 0 Å². The minimum atomic E-state index is -0.480. The summed E-state index contributed by atoms with van der Waals surface area (Å²) in [7, 11) is 1.61. The van der Waals surface area contributed by atoms with Gasteiger partial charge in [0.2, 0.25) is 0 Å². The molecule has 1 N–H and O–H groups in total. The number of methoxy groups -OCH3 is 1. The fourth-order valence-electron chi connectivity index (χ4n) is 1.65. The summed E-state index contributed by atoms with van der Waals surface area (Å²) in [6, 6.07) is 5.50. The lowest BCUT2D eigenvalue weighted by atomic mass is 10.2. The third-order valence-electron chi connectivity index (χ3n) is 2.74. The number of aliphatic imine (C=N–C) groups is 1. The molecule has 0 aromatic heterocycles. The van der Waals surface area contributed by atoms with E-state index >= 15 is 0 Å². The van der Waals surface area contributed by atoms with E-state index in [0.717, 1.165) is 6.07 Å². The normalized spacial score (nSPS) is 11.3. The maximum absolute atomic E-state index is 13.2. The van der Waals surface area contributed by atoms with Crippen molar-refractivity contribution in [1.82, 2.24) is 5.32 Å². The summed E-state index contributed by atoms with van der Waals surface area (Å²) in [6.07, 6.45) is 0.699. The van der Waals surface area contributed by atoms with E-state index in [0.29, 0.717) is 32.8 Å². The number of amides is 1. The minimum absolute atomic E-state index is 0.0927. The standard InChI is InChI=1S/C16H23FN2O4/c1-3-22-10-11-23-16(18-8-5-9-21-2)19-15(20)13-6-4-7-14(17)12-13/h4,6-7,12H,3,5,8-11H2,1-2H3,(H,18,19,20). The first kappa shape index (κ1) is 19.1. The Bertz CT molecular complexity index is 509. The molecule has 0 saturated heterocycles. The molecule has 128 valence electrons. The van der Waals surface area contributed by atoms with E-state index in [2.05, 4.69) is 10.3 Å². The number of amidine groups is 1. The Balaban J connectivity index is 2.60. The molecular formula is C16H23FN2O4. The van der Waals surface area contributed by atoms with Gasteiger partial charge in [-0.3, -0.25) is 10.1 Å². The summed E-state index contributed by atoms with van der Waals surface area (Å²) < 4.78 is 28.7. The molecule has 1 aromatic carbocycles. The molecule has 1 aromatic rings. The van der Waals surface area contributed by atoms with Crippen molar-refractivity contribution in [2.24, 2.45) is 4.99 Å². The fraction of sp³-hybridized carbons (Fsp3) is 0.500. The number of hydrogen-bond acceptors (Lipinski definition) is 5. The van der Waals surface area contributed by atoms with Crippen LogP contribution in [-0.4, -0.2) is 52.0 Å². The van der Waals surface area contributed by atoms with Gasteiger partial charge in [-0.2, -0.15) is 0 Å². The highest BCUT2D eigenvalue weighted by atomic mass is 19.1. The van der Waals surface area contributed by atoms with Gasteiger partial charge in [0.05, 0.1) is 6.61 Å². The highest BCUT2D eigenvalue weighted by Gasteiger charge is 2.10. The molecule has 0 fully saturated rings. The van der Waals surface area contributed by atoms with Crippen LogP contribution in [0.15, 0.2) is 29.3 Å². The molecule has 23 heavy (non-hydrogen) atoms. The number of nitrogens with one attached hydrogen (secondary N) is 1. The lowest BCUT2D eigenvalue weighted by Gasteiger charge is -2.11. The second-order valence-corrected chi connectivity index (χ2v) is 4.54. The summed E-state index contributed by atoms with van der Waals surface area (Å²) in [5, 5.41) is 2.54. The van der Waals surface area contributed by atoms with Gasteiger partial charge >= 0.3 is 0 Å². The molecule has 0 bridgehead atoms. The van der Waals surface area contributed by atoms with Crippen molar-refractivity contribution in [2.45, 2.75) is 13.3 Å². The third kappa shape index (κ3) is 8.27. The van der Waals surface area contributed by atoms with Crippen LogP contribution in [0.4, 0.5) is 4.39 Å². The fourth-order valence-corrected chi connectivity index (χ4v) is 1.65. The number of rotatable bonds is 9. The first-order valence-electron chi connectivity index (χ1n) is 7.48. The van der Waals surface area contributed by atoms with Gasteiger partial charge in [0.15, 0.2) is 0 Å². The second kappa shape index (κ2) is 11.6. The van der Waals surface area contributed by atoms with Gasteiger partial charge in [0.1, 0.15) is 12.4 Å². The quantitative estimate of drug-likeness (QED) is 0.428. The Hall–Kier alpha value is -1.99. The van der Waals surface area contributed by atoms with Crippen LogP contribution in [0.2, 0.25) is 0 Å². The topological polar surface area (TPSA) is 69.2 Å². The molecule has 0 saturated carbocycles. The largest absolute Gasteiger partial charge is 0.463 e. The van der Waals surface area contributed by atoms with E-state index in [1.165, 1.54) is 18.2 Å². The Morgan fingerprint density at radius 2 is 2.13 bits per heavy atom. The molecule has 0 heterocycles. The Labute approximate surface area is 135 Å². The van der Waals surface area contributed by atoms with Crippen molar-refractivity contribution in [3.8, 4) is 0 Å². The predicted octanol–water partition coefficient (Wildman–Crippen LogP) is 2.00. The van der Waals surface area contributed by atoms with Crippen LogP contribution in [0.1, 0.15) is 23.7 Å². The van der Waals surface area contributed by atoms with E-state index in [1.807, 2.05) is 6.92 Å². The van der Waals surface area contributed by atoms with Crippen molar-refractivity contribution >= 4 is 11.9 Å². The van der Waals surface area contributed by atoms with Gasteiger partial charge in [-0.1, -0.05) is 6.07 Å². The molecule has 6 nitrogen and oxygen atoms in total. The lowest BCUT2D eigenvalue weighted by molar-refractivity contribution is 0.0921. The summed E-state index contributed by atoms with van der Waals surface area (Å²) in [5.41, 5.74) is 0.197. The zero-order valence-electron chi connectivity index (χ0n) is 13.5. The molecule has 0 unspecified atom stereocenters. The van der Waals surface area contributed by atoms with E-state index < -0.39 is 11.7 Å². The molecule has 0 aliphatic heterocycles. The molecule has 0 spiro atoms. The van der Waals surface area contributed by atoms with Crippen LogP contribution in [0, 0.1) is 5.82 Å². The number of benzene rings is 1. The van der Waals surface area contributed by atoms with Gasteiger partial charge < -0.3 is 14.2 Å². The summed E-state index contributed by atoms with van der Waals surface area (Å²) in [5.74, 6) is -0.958. The molecule has 0 aliphatic rings. The summed E-state index contributed by atoms with van der Waals surface area (Å²) in [6.45, 7) is 4.13. The van der Waals surface area contributed by atoms with Crippen LogP contribution in [0.3, 0.4) is 0 Å².